The van der Waals surface area contributed by atoms with Crippen molar-refractivity contribution in [3.05, 3.63) is 26.2 Å². The van der Waals surface area contributed by atoms with Gasteiger partial charge in [-0.25, -0.2) is 0 Å². The minimum absolute atomic E-state index is 0.0738. The van der Waals surface area contributed by atoms with Gasteiger partial charge in [0, 0.05) is 14.2 Å². The number of carbonyl (C=O) groups is 1. The molecule has 1 aromatic rings. The molecule has 110 valence electrons. The van der Waals surface area contributed by atoms with Crippen molar-refractivity contribution in [2.45, 2.75) is 12.8 Å². The average molecular weight is 341 g/mol. The first-order valence-corrected chi connectivity index (χ1v) is 6.83. The number of halogens is 3. The summed E-state index contributed by atoms with van der Waals surface area (Å²) < 4.78 is 15.8. The molecule has 1 heterocycles. The summed E-state index contributed by atoms with van der Waals surface area (Å²) >= 11 is 18.6. The third-order valence-electron chi connectivity index (χ3n) is 2.98. The van der Waals surface area contributed by atoms with Gasteiger partial charge in [0.2, 0.25) is 0 Å². The van der Waals surface area contributed by atoms with Crippen molar-refractivity contribution in [3.8, 4) is 5.75 Å². The number of fused-ring (bicyclic) bond motifs is 1. The molecule has 1 aliphatic heterocycles. The second-order valence-corrected chi connectivity index (χ2v) is 5.07. The van der Waals surface area contributed by atoms with Crippen LogP contribution in [-0.2, 0) is 15.4 Å². The van der Waals surface area contributed by atoms with Crippen LogP contribution in [-0.4, -0.2) is 26.7 Å². The van der Waals surface area contributed by atoms with Crippen molar-refractivity contribution in [2.24, 2.45) is 0 Å². The molecule has 1 aromatic carbocycles. The highest BCUT2D eigenvalue weighted by molar-refractivity contribution is 6.47. The van der Waals surface area contributed by atoms with Crippen molar-refractivity contribution in [1.29, 1.82) is 0 Å². The van der Waals surface area contributed by atoms with Gasteiger partial charge < -0.3 is 14.2 Å². The third-order valence-corrected chi connectivity index (χ3v) is 4.17. The fourth-order valence-electron chi connectivity index (χ4n) is 2.10. The van der Waals surface area contributed by atoms with Crippen LogP contribution in [0.15, 0.2) is 0 Å². The molecule has 0 bridgehead atoms. The molecule has 2 rings (SSSR count). The maximum Gasteiger partial charge on any atom is 0.282 e. The number of benzene rings is 1. The summed E-state index contributed by atoms with van der Waals surface area (Å²) in [5, 5.41) is 2.82. The Morgan fingerprint density at radius 3 is 2.20 bits per heavy atom. The number of hydrogen-bond donors (Lipinski definition) is 1. The Morgan fingerprint density at radius 2 is 1.70 bits per heavy atom. The Hall–Kier alpha value is -0.720. The van der Waals surface area contributed by atoms with Crippen molar-refractivity contribution in [2.75, 3.05) is 20.8 Å². The molecule has 0 radical (unpaired) electrons. The molecule has 0 aromatic heterocycles. The third kappa shape index (κ3) is 2.05. The normalized spacial score (nSPS) is 16.0. The number of amides is 1. The van der Waals surface area contributed by atoms with E-state index in [-0.39, 0.29) is 31.9 Å². The molecule has 0 aliphatic carbocycles. The lowest BCUT2D eigenvalue weighted by atomic mass is 10.1. The van der Waals surface area contributed by atoms with Crippen LogP contribution in [0.5, 0.6) is 5.75 Å². The van der Waals surface area contributed by atoms with Crippen LogP contribution in [0.2, 0.25) is 15.1 Å². The Morgan fingerprint density at radius 1 is 1.10 bits per heavy atom. The summed E-state index contributed by atoms with van der Waals surface area (Å²) in [5.74, 6) is -1.83. The Balaban J connectivity index is 2.80. The summed E-state index contributed by atoms with van der Waals surface area (Å²) in [7, 11) is 2.74. The minimum atomic E-state index is -1.51. The summed E-state index contributed by atoms with van der Waals surface area (Å²) in [6.45, 7) is 2.10. The molecule has 8 heteroatoms. The number of ether oxygens (including phenoxy) is 3. The zero-order chi connectivity index (χ0) is 15.1. The van der Waals surface area contributed by atoms with E-state index in [9.17, 15) is 4.79 Å². The highest BCUT2D eigenvalue weighted by atomic mass is 35.5. The second-order valence-electron chi connectivity index (χ2n) is 3.93. The minimum Gasteiger partial charge on any atom is -0.491 e. The van der Waals surface area contributed by atoms with Crippen molar-refractivity contribution in [1.82, 2.24) is 5.32 Å². The SMILES string of the molecule is CCOc1c(Cl)c(Cl)c2c(c1Cl)C(=O)NC2(OC)OC. The van der Waals surface area contributed by atoms with E-state index in [0.29, 0.717) is 6.61 Å². The molecular weight excluding hydrogens is 328 g/mol. The first kappa shape index (κ1) is 15.7. The number of hydrogen-bond acceptors (Lipinski definition) is 4. The number of carbonyl (C=O) groups excluding carboxylic acids is 1. The van der Waals surface area contributed by atoms with Gasteiger partial charge in [-0.1, -0.05) is 34.8 Å². The van der Waals surface area contributed by atoms with E-state index in [4.69, 9.17) is 49.0 Å². The van der Waals surface area contributed by atoms with Crippen molar-refractivity contribution < 1.29 is 19.0 Å². The molecule has 0 saturated heterocycles. The van der Waals surface area contributed by atoms with Gasteiger partial charge >= 0.3 is 0 Å². The van der Waals surface area contributed by atoms with Crippen LogP contribution < -0.4 is 10.1 Å². The maximum atomic E-state index is 12.1. The lowest BCUT2D eigenvalue weighted by Crippen LogP contribution is -2.42. The molecule has 1 N–H and O–H groups in total. The van der Waals surface area contributed by atoms with E-state index < -0.39 is 11.8 Å². The lowest BCUT2D eigenvalue weighted by molar-refractivity contribution is -0.225. The molecule has 20 heavy (non-hydrogen) atoms. The molecule has 0 unspecified atom stereocenters. The highest BCUT2D eigenvalue weighted by Crippen LogP contribution is 2.49. The fraction of sp³-hybridized carbons (Fsp3) is 0.417. The molecular formula is C12H12Cl3NO4. The van der Waals surface area contributed by atoms with Gasteiger partial charge in [0.25, 0.3) is 11.8 Å². The standard InChI is InChI=1S/C12H12Cl3NO4/c1-4-20-10-7(13)5-6(8(14)9(10)15)12(18-2,19-3)16-11(5)17/h4H2,1-3H3,(H,16,17). The van der Waals surface area contributed by atoms with E-state index in [1.165, 1.54) is 14.2 Å². The Labute approximate surface area is 131 Å². The van der Waals surface area contributed by atoms with Gasteiger partial charge in [0.1, 0.15) is 5.02 Å². The van der Waals surface area contributed by atoms with Crippen LogP contribution in [0.3, 0.4) is 0 Å². The second kappa shape index (κ2) is 5.58. The smallest absolute Gasteiger partial charge is 0.282 e. The van der Waals surface area contributed by atoms with Crippen molar-refractivity contribution >= 4 is 40.7 Å². The lowest BCUT2D eigenvalue weighted by Gasteiger charge is -2.27. The first-order valence-electron chi connectivity index (χ1n) is 5.70. The van der Waals surface area contributed by atoms with E-state index >= 15 is 0 Å². The monoisotopic (exact) mass is 339 g/mol. The Bertz CT molecular complexity index is 573. The van der Waals surface area contributed by atoms with Crippen LogP contribution >= 0.6 is 34.8 Å². The van der Waals surface area contributed by atoms with Gasteiger partial charge in [-0.05, 0) is 6.92 Å². The molecule has 0 saturated carbocycles. The quantitative estimate of drug-likeness (QED) is 0.675. The molecule has 1 amide bonds. The van der Waals surface area contributed by atoms with Gasteiger partial charge in [-0.2, -0.15) is 0 Å². The summed E-state index contributed by atoms with van der Waals surface area (Å²) in [6.07, 6.45) is 0. The predicted molar refractivity (Wildman–Crippen MR) is 75.8 cm³/mol. The van der Waals surface area contributed by atoms with E-state index in [0.717, 1.165) is 0 Å². The maximum absolute atomic E-state index is 12.1. The Kier molecular flexibility index (Phi) is 4.37. The van der Waals surface area contributed by atoms with Gasteiger partial charge in [0.05, 0.1) is 27.8 Å². The predicted octanol–water partition coefficient (Wildman–Crippen LogP) is 3.19. The van der Waals surface area contributed by atoms with E-state index in [2.05, 4.69) is 5.32 Å². The fourth-order valence-corrected chi connectivity index (χ4v) is 3.02. The zero-order valence-corrected chi connectivity index (χ0v) is 13.2. The molecule has 0 atom stereocenters. The molecule has 5 nitrogen and oxygen atoms in total. The highest BCUT2D eigenvalue weighted by Gasteiger charge is 2.49. The van der Waals surface area contributed by atoms with E-state index in [1.54, 1.807) is 6.92 Å². The van der Waals surface area contributed by atoms with Crippen molar-refractivity contribution in [3.63, 3.8) is 0 Å². The largest absolute Gasteiger partial charge is 0.491 e. The van der Waals surface area contributed by atoms with Gasteiger partial charge in [-0.15, -0.1) is 0 Å². The van der Waals surface area contributed by atoms with Crippen LogP contribution in [0.4, 0.5) is 0 Å². The summed E-state index contributed by atoms with van der Waals surface area (Å²) in [5.41, 5.74) is 0.376. The van der Waals surface area contributed by atoms with E-state index in [1.807, 2.05) is 0 Å². The number of nitrogens with one attached hydrogen (secondary N) is 1. The molecule has 0 spiro atoms. The summed E-state index contributed by atoms with van der Waals surface area (Å²) in [6, 6.07) is 0. The van der Waals surface area contributed by atoms with Gasteiger partial charge in [-0.3, -0.25) is 10.1 Å². The molecule has 1 aliphatic rings. The topological polar surface area (TPSA) is 56.8 Å². The zero-order valence-electron chi connectivity index (χ0n) is 11.0. The first-order chi connectivity index (χ1) is 9.43. The van der Waals surface area contributed by atoms with Crippen LogP contribution in [0.1, 0.15) is 22.8 Å². The van der Waals surface area contributed by atoms with Crippen LogP contribution in [0, 0.1) is 0 Å². The number of rotatable bonds is 4. The molecule has 0 fully saturated rings. The average Bonchev–Trinajstić information content (AvgIpc) is 2.74. The van der Waals surface area contributed by atoms with Gasteiger partial charge in [0.15, 0.2) is 5.75 Å². The summed E-state index contributed by atoms with van der Waals surface area (Å²) in [4.78, 5) is 12.1. The van der Waals surface area contributed by atoms with Crippen LogP contribution in [0.25, 0.3) is 0 Å². The number of methoxy groups -OCH3 is 2.